The van der Waals surface area contributed by atoms with E-state index >= 15 is 0 Å². The van der Waals surface area contributed by atoms with Gasteiger partial charge in [-0.15, -0.1) is 0 Å². The van der Waals surface area contributed by atoms with Gasteiger partial charge in [-0.1, -0.05) is 25.0 Å². The van der Waals surface area contributed by atoms with Crippen molar-refractivity contribution in [1.29, 1.82) is 0 Å². The maximum atomic E-state index is 10.8. The lowest BCUT2D eigenvalue weighted by atomic mass is 9.80. The topological polar surface area (TPSA) is 32.7 Å². The number of aliphatic hydroxyl groups excluding tert-OH is 1. The van der Waals surface area contributed by atoms with E-state index in [0.717, 1.165) is 30.7 Å². The summed E-state index contributed by atoms with van der Waals surface area (Å²) < 4.78 is 6.09. The van der Waals surface area contributed by atoms with E-state index in [4.69, 9.17) is 4.74 Å². The Labute approximate surface area is 127 Å². The van der Waals surface area contributed by atoms with Gasteiger partial charge in [0.25, 0.3) is 0 Å². The Balaban J connectivity index is 1.75. The fourth-order valence-corrected chi connectivity index (χ4v) is 3.96. The van der Waals surface area contributed by atoms with Gasteiger partial charge in [0, 0.05) is 26.4 Å². The number of benzene rings is 1. The summed E-state index contributed by atoms with van der Waals surface area (Å²) in [5.41, 5.74) is 2.26. The van der Waals surface area contributed by atoms with Gasteiger partial charge in [0.2, 0.25) is 0 Å². The van der Waals surface area contributed by atoms with E-state index in [2.05, 4.69) is 23.1 Å². The molecule has 1 aromatic rings. The Morgan fingerprint density at radius 3 is 2.76 bits per heavy atom. The van der Waals surface area contributed by atoms with Gasteiger partial charge < -0.3 is 14.7 Å². The highest BCUT2D eigenvalue weighted by Crippen LogP contribution is 2.45. The van der Waals surface area contributed by atoms with Crippen LogP contribution in [-0.4, -0.2) is 31.4 Å². The van der Waals surface area contributed by atoms with E-state index in [-0.39, 0.29) is 11.7 Å². The summed E-state index contributed by atoms with van der Waals surface area (Å²) in [6.45, 7) is 0.801. The molecule has 116 valence electrons. The van der Waals surface area contributed by atoms with Crippen LogP contribution in [0, 0.1) is 5.92 Å². The molecule has 0 amide bonds. The summed E-state index contributed by atoms with van der Waals surface area (Å²) >= 11 is 0. The minimum Gasteiger partial charge on any atom is -0.388 e. The molecule has 1 N–H and O–H groups in total. The average molecular weight is 289 g/mol. The lowest BCUT2D eigenvalue weighted by molar-refractivity contribution is -0.113. The second kappa shape index (κ2) is 5.98. The quantitative estimate of drug-likeness (QED) is 0.924. The molecule has 2 atom stereocenters. The molecule has 1 spiro atoms. The van der Waals surface area contributed by atoms with Gasteiger partial charge in [-0.3, -0.25) is 0 Å². The minimum absolute atomic E-state index is 0.0725. The van der Waals surface area contributed by atoms with Crippen molar-refractivity contribution in [1.82, 2.24) is 0 Å². The summed E-state index contributed by atoms with van der Waals surface area (Å²) in [6, 6.07) is 8.28. The molecule has 1 aromatic carbocycles. The summed E-state index contributed by atoms with van der Waals surface area (Å²) in [5.74, 6) is 0.328. The Morgan fingerprint density at radius 2 is 2.05 bits per heavy atom. The summed E-state index contributed by atoms with van der Waals surface area (Å²) in [6.07, 6.45) is 6.51. The van der Waals surface area contributed by atoms with Crippen molar-refractivity contribution in [2.45, 2.75) is 50.2 Å². The Kier molecular flexibility index (Phi) is 4.23. The van der Waals surface area contributed by atoms with Crippen LogP contribution in [0.1, 0.15) is 50.2 Å². The van der Waals surface area contributed by atoms with Crippen LogP contribution in [-0.2, 0) is 4.74 Å². The molecule has 0 radical (unpaired) electrons. The second-order valence-electron chi connectivity index (χ2n) is 6.93. The van der Waals surface area contributed by atoms with Crippen LogP contribution in [0.15, 0.2) is 24.3 Å². The highest BCUT2D eigenvalue weighted by atomic mass is 16.5. The number of rotatable bonds is 3. The first-order valence-corrected chi connectivity index (χ1v) is 8.19. The van der Waals surface area contributed by atoms with Crippen LogP contribution in [0.3, 0.4) is 0 Å². The molecule has 1 aliphatic carbocycles. The van der Waals surface area contributed by atoms with E-state index in [9.17, 15) is 5.11 Å². The molecule has 0 aromatic heterocycles. The van der Waals surface area contributed by atoms with Crippen LogP contribution < -0.4 is 4.90 Å². The van der Waals surface area contributed by atoms with Gasteiger partial charge in [-0.25, -0.2) is 0 Å². The SMILES string of the molecule is CN(C)c1cccc(C(O)C2CCOC3(CCCC3)C2)c1. The van der Waals surface area contributed by atoms with E-state index in [1.54, 1.807) is 0 Å². The van der Waals surface area contributed by atoms with Gasteiger partial charge >= 0.3 is 0 Å². The van der Waals surface area contributed by atoms with Crippen molar-refractivity contribution < 1.29 is 9.84 Å². The molecule has 1 saturated carbocycles. The summed E-state index contributed by atoms with van der Waals surface area (Å²) in [7, 11) is 4.07. The highest BCUT2D eigenvalue weighted by molar-refractivity contribution is 5.47. The number of anilines is 1. The number of hydrogen-bond donors (Lipinski definition) is 1. The molecular weight excluding hydrogens is 262 g/mol. The molecule has 3 rings (SSSR count). The third-order valence-corrected chi connectivity index (χ3v) is 5.22. The number of aliphatic hydroxyl groups is 1. The van der Waals surface area contributed by atoms with E-state index in [1.807, 2.05) is 20.2 Å². The third kappa shape index (κ3) is 3.09. The van der Waals surface area contributed by atoms with E-state index in [0.29, 0.717) is 5.92 Å². The lowest BCUT2D eigenvalue weighted by Crippen LogP contribution is -2.39. The molecule has 3 nitrogen and oxygen atoms in total. The monoisotopic (exact) mass is 289 g/mol. The molecule has 2 aliphatic rings. The van der Waals surface area contributed by atoms with Crippen molar-refractivity contribution >= 4 is 5.69 Å². The van der Waals surface area contributed by atoms with E-state index in [1.165, 1.54) is 25.7 Å². The third-order valence-electron chi connectivity index (χ3n) is 5.22. The fraction of sp³-hybridized carbons (Fsp3) is 0.667. The molecule has 2 fully saturated rings. The number of hydrogen-bond acceptors (Lipinski definition) is 3. The van der Waals surface area contributed by atoms with Crippen molar-refractivity contribution in [2.24, 2.45) is 5.92 Å². The summed E-state index contributed by atoms with van der Waals surface area (Å²) in [4.78, 5) is 2.08. The first-order valence-electron chi connectivity index (χ1n) is 8.19. The van der Waals surface area contributed by atoms with Gasteiger partial charge in [-0.05, 0) is 49.3 Å². The molecule has 2 unspecified atom stereocenters. The van der Waals surface area contributed by atoms with Gasteiger partial charge in [0.05, 0.1) is 11.7 Å². The maximum absolute atomic E-state index is 10.8. The van der Waals surface area contributed by atoms with E-state index < -0.39 is 0 Å². The second-order valence-corrected chi connectivity index (χ2v) is 6.93. The maximum Gasteiger partial charge on any atom is 0.0820 e. The predicted molar refractivity (Wildman–Crippen MR) is 85.6 cm³/mol. The van der Waals surface area contributed by atoms with Gasteiger partial charge in [0.1, 0.15) is 0 Å². The van der Waals surface area contributed by atoms with Crippen LogP contribution in [0.2, 0.25) is 0 Å². The fourth-order valence-electron chi connectivity index (χ4n) is 3.96. The minimum atomic E-state index is -0.369. The van der Waals surface area contributed by atoms with Crippen molar-refractivity contribution in [3.63, 3.8) is 0 Å². The van der Waals surface area contributed by atoms with Gasteiger partial charge in [0.15, 0.2) is 0 Å². The number of nitrogens with zero attached hydrogens (tertiary/aromatic N) is 1. The summed E-state index contributed by atoms with van der Waals surface area (Å²) in [5, 5.41) is 10.8. The van der Waals surface area contributed by atoms with Crippen LogP contribution in [0.25, 0.3) is 0 Å². The van der Waals surface area contributed by atoms with Crippen LogP contribution in [0.5, 0.6) is 0 Å². The number of ether oxygens (including phenoxy) is 1. The Bertz CT molecular complexity index is 480. The molecule has 1 heterocycles. The largest absolute Gasteiger partial charge is 0.388 e. The van der Waals surface area contributed by atoms with Crippen LogP contribution >= 0.6 is 0 Å². The Hall–Kier alpha value is -1.06. The molecule has 1 saturated heterocycles. The zero-order chi connectivity index (χ0) is 14.9. The standard InChI is InChI=1S/C18H27NO2/c1-19(2)16-7-5-6-14(12-16)17(20)15-8-11-21-18(13-15)9-3-4-10-18/h5-7,12,15,17,20H,3-4,8-11,13H2,1-2H3. The molecule has 0 bridgehead atoms. The zero-order valence-electron chi connectivity index (χ0n) is 13.2. The zero-order valence-corrected chi connectivity index (χ0v) is 13.2. The normalized spacial score (nSPS) is 26.0. The van der Waals surface area contributed by atoms with Crippen molar-refractivity contribution in [3.8, 4) is 0 Å². The van der Waals surface area contributed by atoms with Gasteiger partial charge in [-0.2, -0.15) is 0 Å². The Morgan fingerprint density at radius 1 is 1.29 bits per heavy atom. The lowest BCUT2D eigenvalue weighted by Gasteiger charge is -2.40. The predicted octanol–water partition coefficient (Wildman–Crippen LogP) is 3.53. The smallest absolute Gasteiger partial charge is 0.0820 e. The highest BCUT2D eigenvalue weighted by Gasteiger charge is 2.41. The molecular formula is C18H27NO2. The average Bonchev–Trinajstić information content (AvgIpc) is 2.94. The van der Waals surface area contributed by atoms with Crippen molar-refractivity contribution in [2.75, 3.05) is 25.6 Å². The van der Waals surface area contributed by atoms with Crippen LogP contribution in [0.4, 0.5) is 5.69 Å². The van der Waals surface area contributed by atoms with Crippen molar-refractivity contribution in [3.05, 3.63) is 29.8 Å². The molecule has 21 heavy (non-hydrogen) atoms. The molecule has 3 heteroatoms. The first kappa shape index (κ1) is 14.9. The molecule has 1 aliphatic heterocycles. The first-order chi connectivity index (χ1) is 10.1.